The molecule has 0 aliphatic carbocycles. The Labute approximate surface area is 184 Å². The molecule has 0 bridgehead atoms. The fraction of sp³-hybridized carbons (Fsp3) is 0.760. The zero-order valence-electron chi connectivity index (χ0n) is 19.9. The molecule has 5 heteroatoms. The molecule has 174 valence electrons. The second-order valence-corrected chi connectivity index (χ2v) is 9.14. The molecule has 30 heavy (non-hydrogen) atoms. The van der Waals surface area contributed by atoms with E-state index >= 15 is 0 Å². The summed E-state index contributed by atoms with van der Waals surface area (Å²) in [7, 11) is 5.82. The number of nitrogens with zero attached hydrogens (tertiary/aromatic N) is 1. The van der Waals surface area contributed by atoms with Crippen molar-refractivity contribution in [2.24, 2.45) is 0 Å². The average Bonchev–Trinajstić information content (AvgIpc) is 2.63. The topological polar surface area (TPSA) is 66.4 Å². The Morgan fingerprint density at radius 2 is 1.43 bits per heavy atom. The molecule has 0 saturated heterocycles. The third-order valence-electron chi connectivity index (χ3n) is 4.78. The Balaban J connectivity index is 3.71. The normalized spacial score (nSPS) is 13.2. The van der Waals surface area contributed by atoms with Gasteiger partial charge in [-0.3, -0.25) is 4.79 Å². The molecule has 0 aliphatic rings. The molecule has 5 nitrogen and oxygen atoms in total. The van der Waals surface area contributed by atoms with E-state index in [9.17, 15) is 14.7 Å². The van der Waals surface area contributed by atoms with E-state index in [4.69, 9.17) is 4.74 Å². The van der Waals surface area contributed by atoms with Gasteiger partial charge < -0.3 is 19.1 Å². The smallest absolute Gasteiger partial charge is 0.306 e. The van der Waals surface area contributed by atoms with Gasteiger partial charge in [-0.1, -0.05) is 63.3 Å². The van der Waals surface area contributed by atoms with E-state index in [-0.39, 0.29) is 12.4 Å². The van der Waals surface area contributed by atoms with Crippen molar-refractivity contribution < 1.29 is 23.9 Å². The number of carboxylic acids is 1. The summed E-state index contributed by atoms with van der Waals surface area (Å²) in [5.74, 6) is -1.49. The third kappa shape index (κ3) is 21.1. The molecule has 0 heterocycles. The van der Waals surface area contributed by atoms with Crippen molar-refractivity contribution in [1.82, 2.24) is 0 Å². The molecular weight excluding hydrogens is 378 g/mol. The Morgan fingerprint density at radius 3 is 2.00 bits per heavy atom. The van der Waals surface area contributed by atoms with Crippen LogP contribution in [0.2, 0.25) is 0 Å². The molecule has 0 spiro atoms. The number of hydrogen-bond donors (Lipinski definition) is 0. The average molecular weight is 424 g/mol. The van der Waals surface area contributed by atoms with E-state index in [0.29, 0.717) is 17.4 Å². The number of carbonyl (C=O) groups is 2. The first-order valence-corrected chi connectivity index (χ1v) is 11.7. The van der Waals surface area contributed by atoms with Crippen molar-refractivity contribution in [3.05, 3.63) is 24.3 Å². The van der Waals surface area contributed by atoms with Crippen LogP contribution in [0.15, 0.2) is 24.3 Å². The molecule has 0 saturated carbocycles. The van der Waals surface area contributed by atoms with Crippen LogP contribution in [0, 0.1) is 0 Å². The van der Waals surface area contributed by atoms with Crippen LogP contribution in [-0.2, 0) is 14.3 Å². The number of carbonyl (C=O) groups excluding carboxylic acids is 2. The van der Waals surface area contributed by atoms with Gasteiger partial charge in [-0.25, -0.2) is 0 Å². The van der Waals surface area contributed by atoms with Gasteiger partial charge >= 0.3 is 5.97 Å². The highest BCUT2D eigenvalue weighted by Gasteiger charge is 2.22. The van der Waals surface area contributed by atoms with Crippen molar-refractivity contribution >= 4 is 11.9 Å². The lowest BCUT2D eigenvalue weighted by Gasteiger charge is -2.29. The number of ether oxygens (including phenoxy) is 1. The standard InChI is InChI=1S/C25H45NO4/c1-5-6-7-8-9-10-11-12-13-14-15-16-17-18-19-20-25(29)30-23(21-24(27)28)22-26(2,3)4/h9-10,12-13,23H,5-8,11,14-22H2,1-4H3/b10-9-,13-12-/t23-/m1/s1. The van der Waals surface area contributed by atoms with Crippen LogP contribution in [0.3, 0.4) is 0 Å². The third-order valence-corrected chi connectivity index (χ3v) is 4.78. The maximum atomic E-state index is 12.0. The minimum atomic E-state index is -1.18. The lowest BCUT2D eigenvalue weighted by atomic mass is 10.1. The van der Waals surface area contributed by atoms with Crippen LogP contribution in [0.4, 0.5) is 0 Å². The number of hydrogen-bond acceptors (Lipinski definition) is 4. The van der Waals surface area contributed by atoms with Crippen LogP contribution in [0.5, 0.6) is 0 Å². The molecule has 0 amide bonds. The monoisotopic (exact) mass is 423 g/mol. The molecule has 0 aromatic carbocycles. The number of rotatable bonds is 19. The van der Waals surface area contributed by atoms with Crippen molar-refractivity contribution in [3.63, 3.8) is 0 Å². The van der Waals surface area contributed by atoms with E-state index in [1.807, 2.05) is 21.1 Å². The summed E-state index contributed by atoms with van der Waals surface area (Å²) in [6.45, 7) is 2.69. The highest BCUT2D eigenvalue weighted by Crippen LogP contribution is 2.11. The fourth-order valence-corrected chi connectivity index (χ4v) is 3.27. The maximum absolute atomic E-state index is 12.0. The summed E-state index contributed by atoms with van der Waals surface area (Å²) < 4.78 is 5.90. The van der Waals surface area contributed by atoms with Crippen LogP contribution in [0.25, 0.3) is 0 Å². The van der Waals surface area contributed by atoms with Gasteiger partial charge in [0.1, 0.15) is 6.54 Å². The Morgan fingerprint density at radius 1 is 0.867 bits per heavy atom. The summed E-state index contributed by atoms with van der Waals surface area (Å²) in [5, 5.41) is 10.9. The summed E-state index contributed by atoms with van der Waals surface area (Å²) in [6.07, 6.45) is 21.0. The van der Waals surface area contributed by atoms with Crippen LogP contribution < -0.4 is 5.11 Å². The first-order valence-electron chi connectivity index (χ1n) is 11.7. The summed E-state index contributed by atoms with van der Waals surface area (Å²) in [6, 6.07) is 0. The van der Waals surface area contributed by atoms with Crippen LogP contribution in [-0.4, -0.2) is 50.2 Å². The number of aliphatic carboxylic acids is 1. The Bertz CT molecular complexity index is 506. The summed E-state index contributed by atoms with van der Waals surface area (Å²) in [5.41, 5.74) is 0. The highest BCUT2D eigenvalue weighted by atomic mass is 16.5. The van der Waals surface area contributed by atoms with E-state index in [2.05, 4.69) is 31.2 Å². The predicted octanol–water partition coefficient (Wildman–Crippen LogP) is 4.56. The molecule has 0 aromatic rings. The van der Waals surface area contributed by atoms with Crippen molar-refractivity contribution in [2.45, 2.75) is 96.5 Å². The first kappa shape index (κ1) is 28.4. The number of carboxylic acid groups (broad SMARTS) is 1. The van der Waals surface area contributed by atoms with Gasteiger partial charge in [0.05, 0.1) is 21.1 Å². The maximum Gasteiger partial charge on any atom is 0.306 e. The quantitative estimate of drug-likeness (QED) is 0.132. The van der Waals surface area contributed by atoms with Gasteiger partial charge in [0.25, 0.3) is 0 Å². The molecule has 0 aromatic heterocycles. The zero-order chi connectivity index (χ0) is 22.7. The van der Waals surface area contributed by atoms with E-state index < -0.39 is 12.1 Å². The lowest BCUT2D eigenvalue weighted by Crippen LogP contribution is -2.45. The molecule has 0 N–H and O–H groups in total. The number of quaternary nitrogens is 1. The fourth-order valence-electron chi connectivity index (χ4n) is 3.27. The molecule has 1 atom stereocenters. The number of unbranched alkanes of at least 4 members (excludes halogenated alkanes) is 8. The number of esters is 1. The SMILES string of the molecule is CCCCC/C=C\C/C=C\CCCCCCCC(=O)O[C@H](CC(=O)[O-])C[N+](C)(C)C. The molecule has 0 unspecified atom stereocenters. The van der Waals surface area contributed by atoms with Gasteiger partial charge in [-0.05, 0) is 38.5 Å². The van der Waals surface area contributed by atoms with Gasteiger partial charge in [0.2, 0.25) is 0 Å². The lowest BCUT2D eigenvalue weighted by molar-refractivity contribution is -0.873. The first-order chi connectivity index (χ1) is 14.2. The van der Waals surface area contributed by atoms with Crippen LogP contribution >= 0.6 is 0 Å². The van der Waals surface area contributed by atoms with Gasteiger partial charge in [-0.2, -0.15) is 0 Å². The zero-order valence-corrected chi connectivity index (χ0v) is 19.9. The van der Waals surface area contributed by atoms with E-state index in [0.717, 1.165) is 32.1 Å². The minimum absolute atomic E-state index is 0.247. The van der Waals surface area contributed by atoms with Crippen molar-refractivity contribution in [3.8, 4) is 0 Å². The Hall–Kier alpha value is -1.62. The molecule has 0 rings (SSSR count). The summed E-state index contributed by atoms with van der Waals surface area (Å²) in [4.78, 5) is 22.9. The van der Waals surface area contributed by atoms with Crippen LogP contribution in [0.1, 0.15) is 90.4 Å². The second-order valence-electron chi connectivity index (χ2n) is 9.14. The Kier molecular flexibility index (Phi) is 17.2. The summed E-state index contributed by atoms with van der Waals surface area (Å²) >= 11 is 0. The molecule has 0 radical (unpaired) electrons. The van der Waals surface area contributed by atoms with E-state index in [1.165, 1.54) is 38.5 Å². The number of likely N-dealkylation sites (N-methyl/N-ethyl adjacent to an activating group) is 1. The van der Waals surface area contributed by atoms with Crippen molar-refractivity contribution in [2.75, 3.05) is 27.7 Å². The van der Waals surface area contributed by atoms with Gasteiger partial charge in [0, 0.05) is 18.8 Å². The van der Waals surface area contributed by atoms with Crippen molar-refractivity contribution in [1.29, 1.82) is 0 Å². The second kappa shape index (κ2) is 18.2. The van der Waals surface area contributed by atoms with Gasteiger partial charge in [-0.15, -0.1) is 0 Å². The molecule has 0 fully saturated rings. The highest BCUT2D eigenvalue weighted by molar-refractivity contribution is 5.70. The largest absolute Gasteiger partial charge is 0.550 e. The number of allylic oxidation sites excluding steroid dienone is 4. The van der Waals surface area contributed by atoms with E-state index in [1.54, 1.807) is 0 Å². The molecular formula is C25H45NO4. The van der Waals surface area contributed by atoms with Gasteiger partial charge in [0.15, 0.2) is 6.10 Å². The predicted molar refractivity (Wildman–Crippen MR) is 122 cm³/mol. The minimum Gasteiger partial charge on any atom is -0.550 e. The molecule has 0 aliphatic heterocycles.